The van der Waals surface area contributed by atoms with Crippen LogP contribution in [0.3, 0.4) is 0 Å². The third-order valence-electron chi connectivity index (χ3n) is 1.25. The van der Waals surface area contributed by atoms with Crippen molar-refractivity contribution in [3.63, 3.8) is 0 Å². The average Bonchev–Trinajstić information content (AvgIpc) is 1.82. The van der Waals surface area contributed by atoms with E-state index in [1.165, 1.54) is 0 Å². The summed E-state index contributed by atoms with van der Waals surface area (Å²) in [6, 6.07) is 0. The predicted molar refractivity (Wildman–Crippen MR) is 35.0 cm³/mol. The number of carboxylic acid groups (broad SMARTS) is 3. The Kier molecular flexibility index (Phi) is 6.16. The molecule has 0 rings (SSSR count). The molecule has 0 aliphatic carbocycles. The first-order valence-electron chi connectivity index (χ1n) is 3.11. The fourth-order valence-electron chi connectivity index (χ4n) is 0.684. The Morgan fingerprint density at radius 1 is 1.00 bits per heavy atom. The number of hydrogen-bond acceptors (Lipinski definition) is 7. The first-order chi connectivity index (χ1) is 5.78. The minimum absolute atomic E-state index is 0. The minimum Gasteiger partial charge on any atom is -0.550 e. The molecule has 0 saturated heterocycles. The van der Waals surface area contributed by atoms with E-state index < -0.39 is 36.4 Å². The van der Waals surface area contributed by atoms with Crippen LogP contribution in [0.1, 0.15) is 12.8 Å². The molecule has 8 heteroatoms. The van der Waals surface area contributed by atoms with Crippen LogP contribution in [0.2, 0.25) is 0 Å². The van der Waals surface area contributed by atoms with Gasteiger partial charge in [-0.3, -0.25) is 0 Å². The summed E-state index contributed by atoms with van der Waals surface area (Å²) in [5.74, 6) is -5.98. The van der Waals surface area contributed by atoms with Crippen LogP contribution in [0.4, 0.5) is 0 Å². The van der Waals surface area contributed by atoms with Crippen molar-refractivity contribution >= 4 is 35.5 Å². The van der Waals surface area contributed by atoms with E-state index in [2.05, 4.69) is 0 Å². The van der Waals surface area contributed by atoms with Crippen molar-refractivity contribution in [3.8, 4) is 0 Å². The molecule has 0 amide bonds. The zero-order valence-electron chi connectivity index (χ0n) is 6.81. The number of carbonyl (C=O) groups excluding carboxylic acids is 3. The second-order valence-corrected chi connectivity index (χ2v) is 2.42. The molecule has 0 aromatic rings. The second-order valence-electron chi connectivity index (χ2n) is 2.42. The van der Waals surface area contributed by atoms with E-state index in [0.717, 1.165) is 0 Å². The maximum absolute atomic E-state index is 10.1. The normalized spacial score (nSPS) is 10.1. The van der Waals surface area contributed by atoms with Crippen molar-refractivity contribution in [2.24, 2.45) is 0 Å². The van der Waals surface area contributed by atoms with E-state index >= 15 is 0 Å². The molecule has 7 nitrogen and oxygen atoms in total. The smallest absolute Gasteiger partial charge is 0.114 e. The minimum atomic E-state index is -2.97. The van der Waals surface area contributed by atoms with Gasteiger partial charge in [0.2, 0.25) is 0 Å². The molecule has 0 heterocycles. The molecule has 0 spiro atoms. The van der Waals surface area contributed by atoms with Gasteiger partial charge in [0.15, 0.2) is 0 Å². The summed E-state index contributed by atoms with van der Waals surface area (Å²) >= 11 is 0. The number of aliphatic hydroxyl groups is 1. The van der Waals surface area contributed by atoms with Crippen molar-refractivity contribution in [2.45, 2.75) is 18.4 Å². The molecule has 14 heavy (non-hydrogen) atoms. The van der Waals surface area contributed by atoms with Crippen molar-refractivity contribution in [2.75, 3.05) is 0 Å². The Morgan fingerprint density at radius 3 is 1.43 bits per heavy atom. The Labute approximate surface area is 89.3 Å². The molecule has 78 valence electrons. The molecule has 0 bridgehead atoms. The maximum Gasteiger partial charge on any atom is 0.114 e. The molecule has 0 aliphatic rings. The molecule has 0 aromatic carbocycles. The fraction of sp³-hybridized carbons (Fsp3) is 0.500. The summed E-state index contributed by atoms with van der Waals surface area (Å²) < 4.78 is 0. The van der Waals surface area contributed by atoms with Gasteiger partial charge in [0.05, 0.1) is 5.97 Å². The number of carboxylic acids is 3. The first-order valence-corrected chi connectivity index (χ1v) is 3.11. The van der Waals surface area contributed by atoms with E-state index in [-0.39, 0.29) is 17.6 Å². The Bertz CT molecular complexity index is 233. The Hall–Kier alpha value is -1.09. The topological polar surface area (TPSA) is 141 Å². The van der Waals surface area contributed by atoms with Gasteiger partial charge in [0.1, 0.15) is 5.60 Å². The van der Waals surface area contributed by atoms with Gasteiger partial charge in [-0.05, 0) is 0 Å². The SMILES string of the molecule is O=C([O-])CC(O)(CC(=O)[O-])C(=O)[O-].[Ge]. The predicted octanol–water partition coefficient (Wildman–Crippen LogP) is -5.63. The summed E-state index contributed by atoms with van der Waals surface area (Å²) in [6.45, 7) is 0. The van der Waals surface area contributed by atoms with Crippen molar-refractivity contribution < 1.29 is 34.8 Å². The van der Waals surface area contributed by atoms with E-state index in [9.17, 15) is 29.7 Å². The van der Waals surface area contributed by atoms with Crippen LogP contribution in [0, 0.1) is 0 Å². The third kappa shape index (κ3) is 4.82. The van der Waals surface area contributed by atoms with E-state index in [0.29, 0.717) is 0 Å². The van der Waals surface area contributed by atoms with E-state index in [4.69, 9.17) is 5.11 Å². The summed E-state index contributed by atoms with van der Waals surface area (Å²) in [4.78, 5) is 30.0. The molecule has 0 atom stereocenters. The molecular formula is C6H5GeO7-3. The molecule has 0 aromatic heterocycles. The van der Waals surface area contributed by atoms with Crippen molar-refractivity contribution in [3.05, 3.63) is 0 Å². The van der Waals surface area contributed by atoms with Crippen molar-refractivity contribution in [1.29, 1.82) is 0 Å². The molecule has 0 saturated carbocycles. The molecule has 0 aliphatic heterocycles. The van der Waals surface area contributed by atoms with Gasteiger partial charge in [0, 0.05) is 42.4 Å². The van der Waals surface area contributed by atoms with Gasteiger partial charge >= 0.3 is 0 Å². The summed E-state index contributed by atoms with van der Waals surface area (Å²) in [5, 5.41) is 38.9. The largest absolute Gasteiger partial charge is 0.550 e. The molecule has 4 radical (unpaired) electrons. The van der Waals surface area contributed by atoms with Crippen molar-refractivity contribution in [1.82, 2.24) is 0 Å². The number of aliphatic carboxylic acids is 3. The Morgan fingerprint density at radius 2 is 1.29 bits per heavy atom. The van der Waals surface area contributed by atoms with Crippen LogP contribution >= 0.6 is 0 Å². The fourth-order valence-corrected chi connectivity index (χ4v) is 0.684. The van der Waals surface area contributed by atoms with E-state index in [1.807, 2.05) is 0 Å². The summed E-state index contributed by atoms with van der Waals surface area (Å²) in [7, 11) is 0. The van der Waals surface area contributed by atoms with E-state index in [1.54, 1.807) is 0 Å². The molecular weight excluding hydrogens is 257 g/mol. The van der Waals surface area contributed by atoms with Gasteiger partial charge in [-0.1, -0.05) is 0 Å². The maximum atomic E-state index is 10.1. The van der Waals surface area contributed by atoms with Gasteiger partial charge in [0.25, 0.3) is 0 Å². The number of rotatable bonds is 5. The zero-order valence-corrected chi connectivity index (χ0v) is 8.91. The third-order valence-corrected chi connectivity index (χ3v) is 1.25. The molecule has 1 N–H and O–H groups in total. The van der Waals surface area contributed by atoms with Crippen LogP contribution in [0.5, 0.6) is 0 Å². The van der Waals surface area contributed by atoms with Crippen LogP contribution in [-0.4, -0.2) is 46.2 Å². The quantitative estimate of drug-likeness (QED) is 0.486. The molecule has 0 unspecified atom stereocenters. The van der Waals surface area contributed by atoms with Gasteiger partial charge in [-0.25, -0.2) is 0 Å². The first kappa shape index (κ1) is 15.4. The zero-order chi connectivity index (χ0) is 10.6. The van der Waals surface area contributed by atoms with Gasteiger partial charge in [-0.15, -0.1) is 0 Å². The Balaban J connectivity index is 0. The average molecular weight is 262 g/mol. The summed E-state index contributed by atoms with van der Waals surface area (Å²) in [5.41, 5.74) is -2.97. The van der Waals surface area contributed by atoms with Crippen LogP contribution in [-0.2, 0) is 14.4 Å². The van der Waals surface area contributed by atoms with Crippen LogP contribution in [0.15, 0.2) is 0 Å². The summed E-state index contributed by atoms with van der Waals surface area (Å²) in [6.07, 6.45) is -2.72. The monoisotopic (exact) mass is 263 g/mol. The molecule has 0 fully saturated rings. The van der Waals surface area contributed by atoms with Gasteiger partial charge in [-0.2, -0.15) is 0 Å². The number of hydrogen-bond donors (Lipinski definition) is 1. The second kappa shape index (κ2) is 5.60. The number of carbonyl (C=O) groups is 3. The van der Waals surface area contributed by atoms with Crippen LogP contribution in [0.25, 0.3) is 0 Å². The standard InChI is InChI=1S/C6H8O7.Ge/c7-3(8)1-6(13,5(11)12)2-4(9)10;/h13H,1-2H2,(H,7,8)(H,9,10)(H,11,12);/p-3. The van der Waals surface area contributed by atoms with Gasteiger partial charge < -0.3 is 34.8 Å². The van der Waals surface area contributed by atoms with Crippen LogP contribution < -0.4 is 15.3 Å².